The van der Waals surface area contributed by atoms with Crippen molar-refractivity contribution >= 4 is 45.6 Å². The molecule has 1 unspecified atom stereocenters. The minimum Gasteiger partial charge on any atom is -0.431 e. The molecule has 1 aromatic heterocycles. The van der Waals surface area contributed by atoms with Gasteiger partial charge in [0.25, 0.3) is 0 Å². The van der Waals surface area contributed by atoms with Crippen molar-refractivity contribution in [1.29, 1.82) is 0 Å². The highest BCUT2D eigenvalue weighted by molar-refractivity contribution is 8.28. The van der Waals surface area contributed by atoms with E-state index in [1.807, 2.05) is 30.3 Å². The summed E-state index contributed by atoms with van der Waals surface area (Å²) in [5.41, 5.74) is -2.58. The van der Waals surface area contributed by atoms with E-state index in [1.54, 1.807) is 12.1 Å². The van der Waals surface area contributed by atoms with Gasteiger partial charge in [0.1, 0.15) is 0 Å². The molecule has 0 aliphatic heterocycles. The third kappa shape index (κ3) is 3.43. The number of rotatable bonds is 3. The van der Waals surface area contributed by atoms with Crippen molar-refractivity contribution in [3.05, 3.63) is 53.7 Å². The molecule has 17 heavy (non-hydrogen) atoms. The SMILES string of the molecule is S=P(Cl)(Oc1ccc(Cl)cn1)c1ccccc1. The molecule has 0 aliphatic rings. The van der Waals surface area contributed by atoms with Crippen LogP contribution in [0, 0.1) is 0 Å². The lowest BCUT2D eigenvalue weighted by Crippen LogP contribution is -2.04. The van der Waals surface area contributed by atoms with Gasteiger partial charge in [-0.2, -0.15) is 0 Å². The second-order valence-electron chi connectivity index (χ2n) is 3.22. The van der Waals surface area contributed by atoms with Crippen LogP contribution < -0.4 is 9.83 Å². The van der Waals surface area contributed by atoms with Crippen LogP contribution in [0.5, 0.6) is 5.88 Å². The Bertz CT molecular complexity index is 547. The van der Waals surface area contributed by atoms with Crippen LogP contribution in [0.15, 0.2) is 48.7 Å². The van der Waals surface area contributed by atoms with E-state index in [-0.39, 0.29) is 0 Å². The van der Waals surface area contributed by atoms with Gasteiger partial charge in [0.2, 0.25) is 11.5 Å². The lowest BCUT2D eigenvalue weighted by Gasteiger charge is -2.15. The van der Waals surface area contributed by atoms with Gasteiger partial charge in [-0.1, -0.05) is 29.8 Å². The molecule has 0 radical (unpaired) electrons. The van der Waals surface area contributed by atoms with Gasteiger partial charge < -0.3 is 4.52 Å². The largest absolute Gasteiger partial charge is 0.431 e. The van der Waals surface area contributed by atoms with Crippen LogP contribution in [0.3, 0.4) is 0 Å². The van der Waals surface area contributed by atoms with E-state index in [1.165, 1.54) is 6.20 Å². The minimum atomic E-state index is -2.58. The van der Waals surface area contributed by atoms with Crippen molar-refractivity contribution in [2.45, 2.75) is 0 Å². The zero-order chi connectivity index (χ0) is 12.3. The zero-order valence-electron chi connectivity index (χ0n) is 8.59. The zero-order valence-corrected chi connectivity index (χ0v) is 11.8. The minimum absolute atomic E-state index is 0.386. The lowest BCUT2D eigenvalue weighted by atomic mass is 10.4. The van der Waals surface area contributed by atoms with E-state index in [0.717, 1.165) is 5.30 Å². The van der Waals surface area contributed by atoms with Crippen LogP contribution in [0.25, 0.3) is 0 Å². The number of halogens is 2. The first-order valence-corrected chi connectivity index (χ1v) is 8.75. The van der Waals surface area contributed by atoms with Crippen molar-refractivity contribution in [2.75, 3.05) is 0 Å². The molecule has 0 N–H and O–H groups in total. The van der Waals surface area contributed by atoms with Crippen molar-refractivity contribution < 1.29 is 4.52 Å². The average Bonchev–Trinajstić information content (AvgIpc) is 2.33. The molecule has 0 aliphatic carbocycles. The molecule has 0 spiro atoms. The number of hydrogen-bond acceptors (Lipinski definition) is 3. The second kappa shape index (κ2) is 5.36. The molecule has 0 bridgehead atoms. The number of nitrogens with zero attached hydrogens (tertiary/aromatic N) is 1. The fourth-order valence-electron chi connectivity index (χ4n) is 1.20. The van der Waals surface area contributed by atoms with E-state index < -0.39 is 5.62 Å². The Hall–Kier alpha value is -0.600. The Balaban J connectivity index is 2.23. The summed E-state index contributed by atoms with van der Waals surface area (Å²) in [6.45, 7) is 0. The first kappa shape index (κ1) is 12.8. The summed E-state index contributed by atoms with van der Waals surface area (Å²) >= 11 is 17.3. The Morgan fingerprint density at radius 2 is 1.82 bits per heavy atom. The van der Waals surface area contributed by atoms with Crippen molar-refractivity contribution in [1.82, 2.24) is 4.98 Å². The summed E-state index contributed by atoms with van der Waals surface area (Å²) in [5.74, 6) is 0.386. The van der Waals surface area contributed by atoms with Gasteiger partial charge in [-0.15, -0.1) is 0 Å². The second-order valence-corrected chi connectivity index (χ2v) is 8.89. The van der Waals surface area contributed by atoms with Crippen LogP contribution in [0.2, 0.25) is 5.02 Å². The summed E-state index contributed by atoms with van der Waals surface area (Å²) in [4.78, 5) is 4.01. The first-order chi connectivity index (χ1) is 8.08. The summed E-state index contributed by atoms with van der Waals surface area (Å²) in [6, 6.07) is 12.7. The standard InChI is InChI=1S/C11H8Cl2NOPS/c12-9-6-7-11(14-8-9)15-16(13,17)10-4-2-1-3-5-10/h1-8H. The van der Waals surface area contributed by atoms with Gasteiger partial charge in [0, 0.05) is 17.6 Å². The Morgan fingerprint density at radius 3 is 2.41 bits per heavy atom. The number of pyridine rings is 1. The predicted molar refractivity (Wildman–Crippen MR) is 76.1 cm³/mol. The Kier molecular flexibility index (Phi) is 4.05. The maximum Gasteiger partial charge on any atom is 0.230 e. The molecule has 2 nitrogen and oxygen atoms in total. The molecule has 1 heterocycles. The van der Waals surface area contributed by atoms with E-state index >= 15 is 0 Å². The van der Waals surface area contributed by atoms with Gasteiger partial charge in [-0.05, 0) is 41.2 Å². The highest BCUT2D eigenvalue weighted by Crippen LogP contribution is 2.50. The molecule has 1 aromatic carbocycles. The molecule has 1 atom stereocenters. The van der Waals surface area contributed by atoms with Crippen LogP contribution in [-0.2, 0) is 11.8 Å². The van der Waals surface area contributed by atoms with Gasteiger partial charge in [0.05, 0.1) is 5.02 Å². The molecule has 2 rings (SSSR count). The molecule has 0 amide bonds. The maximum absolute atomic E-state index is 6.27. The maximum atomic E-state index is 6.27. The predicted octanol–water partition coefficient (Wildman–Crippen LogP) is 3.99. The number of aromatic nitrogens is 1. The molecule has 88 valence electrons. The summed E-state index contributed by atoms with van der Waals surface area (Å²) in [7, 11) is 0. The highest BCUT2D eigenvalue weighted by atomic mass is 35.7. The summed E-state index contributed by atoms with van der Waals surface area (Å²) in [6.07, 6.45) is 1.49. The van der Waals surface area contributed by atoms with Gasteiger partial charge in [-0.3, -0.25) is 0 Å². The van der Waals surface area contributed by atoms with Gasteiger partial charge in [0.15, 0.2) is 0 Å². The summed E-state index contributed by atoms with van der Waals surface area (Å²) < 4.78 is 5.56. The van der Waals surface area contributed by atoms with Crippen LogP contribution >= 0.6 is 28.5 Å². The van der Waals surface area contributed by atoms with Gasteiger partial charge >= 0.3 is 0 Å². The van der Waals surface area contributed by atoms with Gasteiger partial charge in [-0.25, -0.2) is 4.98 Å². The van der Waals surface area contributed by atoms with Crippen molar-refractivity contribution in [3.63, 3.8) is 0 Å². The third-order valence-corrected chi connectivity index (χ3v) is 5.18. The van der Waals surface area contributed by atoms with Crippen molar-refractivity contribution in [3.8, 4) is 5.88 Å². The molecular formula is C11H8Cl2NOPS. The topological polar surface area (TPSA) is 22.1 Å². The molecular weight excluding hydrogens is 296 g/mol. The molecule has 6 heteroatoms. The molecule has 2 aromatic rings. The van der Waals surface area contributed by atoms with E-state index in [0.29, 0.717) is 10.9 Å². The quantitative estimate of drug-likeness (QED) is 0.801. The smallest absolute Gasteiger partial charge is 0.230 e. The number of hydrogen-bond donors (Lipinski definition) is 0. The van der Waals surface area contributed by atoms with Crippen LogP contribution in [0.4, 0.5) is 0 Å². The van der Waals surface area contributed by atoms with Crippen molar-refractivity contribution in [2.24, 2.45) is 0 Å². The first-order valence-electron chi connectivity index (χ1n) is 4.74. The molecule has 0 saturated carbocycles. The Morgan fingerprint density at radius 1 is 1.12 bits per heavy atom. The average molecular weight is 304 g/mol. The highest BCUT2D eigenvalue weighted by Gasteiger charge is 2.18. The molecule has 0 fully saturated rings. The number of benzene rings is 1. The van der Waals surface area contributed by atoms with E-state index in [9.17, 15) is 0 Å². The third-order valence-electron chi connectivity index (χ3n) is 1.98. The van der Waals surface area contributed by atoms with E-state index in [2.05, 4.69) is 4.98 Å². The lowest BCUT2D eigenvalue weighted by molar-refractivity contribution is 0.603. The molecule has 0 saturated heterocycles. The normalized spacial score (nSPS) is 14.0. The fraction of sp³-hybridized carbons (Fsp3) is 0. The Labute approximate surface area is 114 Å². The van der Waals surface area contributed by atoms with Crippen LogP contribution in [0.1, 0.15) is 0 Å². The van der Waals surface area contributed by atoms with E-state index in [4.69, 9.17) is 39.2 Å². The van der Waals surface area contributed by atoms with Crippen LogP contribution in [-0.4, -0.2) is 4.98 Å². The summed E-state index contributed by atoms with van der Waals surface area (Å²) in [5, 5.41) is 1.34. The monoisotopic (exact) mass is 303 g/mol. The fourth-order valence-corrected chi connectivity index (χ4v) is 3.43.